The Bertz CT molecular complexity index is 424. The van der Waals surface area contributed by atoms with Crippen LogP contribution in [0.1, 0.15) is 10.5 Å². The highest BCUT2D eigenvalue weighted by Crippen LogP contribution is 2.15. The molecule has 16 heavy (non-hydrogen) atoms. The van der Waals surface area contributed by atoms with Gasteiger partial charge in [0.1, 0.15) is 5.69 Å². The normalized spacial score (nSPS) is 15.6. The maximum absolute atomic E-state index is 11.9. The van der Waals surface area contributed by atoms with E-state index in [9.17, 15) is 14.9 Å². The minimum atomic E-state index is -0.530. The zero-order valence-electron chi connectivity index (χ0n) is 8.77. The van der Waals surface area contributed by atoms with Gasteiger partial charge in [0.05, 0.1) is 17.2 Å². The van der Waals surface area contributed by atoms with Gasteiger partial charge in [-0.3, -0.25) is 14.9 Å². The molecule has 7 nitrogen and oxygen atoms in total. The summed E-state index contributed by atoms with van der Waals surface area (Å²) in [6.07, 6.45) is 1.22. The number of amides is 1. The largest absolute Gasteiger partial charge is 0.351 e. The number of nitrogens with one attached hydrogen (secondary N) is 2. The third-order valence-corrected chi connectivity index (χ3v) is 2.74. The molecule has 1 fully saturated rings. The monoisotopic (exact) mass is 224 g/mol. The third-order valence-electron chi connectivity index (χ3n) is 2.74. The number of nitrogens with zero attached hydrogens (tertiary/aromatic N) is 2. The number of carbonyl (C=O) groups is 1. The number of hydrogen-bond acceptors (Lipinski definition) is 4. The molecule has 0 spiro atoms. The van der Waals surface area contributed by atoms with Gasteiger partial charge in [-0.25, -0.2) is 0 Å². The fraction of sp³-hybridized carbons (Fsp3) is 0.444. The smallest absolute Gasteiger partial charge is 0.287 e. The van der Waals surface area contributed by atoms with Crippen LogP contribution in [0.25, 0.3) is 0 Å². The van der Waals surface area contributed by atoms with Gasteiger partial charge in [0, 0.05) is 26.2 Å². The molecule has 1 aromatic heterocycles. The van der Waals surface area contributed by atoms with Crippen LogP contribution in [0.3, 0.4) is 0 Å². The summed E-state index contributed by atoms with van der Waals surface area (Å²) >= 11 is 0. The molecular weight excluding hydrogens is 212 g/mol. The molecule has 2 rings (SSSR count). The topological polar surface area (TPSA) is 91.3 Å². The highest BCUT2D eigenvalue weighted by atomic mass is 16.6. The molecule has 0 saturated carbocycles. The Morgan fingerprint density at radius 3 is 2.75 bits per heavy atom. The van der Waals surface area contributed by atoms with Crippen LogP contribution < -0.4 is 5.32 Å². The van der Waals surface area contributed by atoms with Gasteiger partial charge in [-0.1, -0.05) is 0 Å². The molecule has 0 unspecified atom stereocenters. The molecule has 1 aliphatic rings. The molecule has 1 aromatic rings. The predicted molar refractivity (Wildman–Crippen MR) is 56.2 cm³/mol. The van der Waals surface area contributed by atoms with Crippen LogP contribution in [-0.4, -0.2) is 46.9 Å². The summed E-state index contributed by atoms with van der Waals surface area (Å²) < 4.78 is 0. The van der Waals surface area contributed by atoms with E-state index >= 15 is 0 Å². The molecule has 2 heterocycles. The lowest BCUT2D eigenvalue weighted by atomic mass is 10.1. The van der Waals surface area contributed by atoms with Crippen LogP contribution in [0, 0.1) is 10.1 Å². The second-order valence-corrected chi connectivity index (χ2v) is 3.76. The van der Waals surface area contributed by atoms with Crippen molar-refractivity contribution in [3.8, 4) is 0 Å². The van der Waals surface area contributed by atoms with E-state index in [4.69, 9.17) is 0 Å². The van der Waals surface area contributed by atoms with Gasteiger partial charge in [0.2, 0.25) is 0 Å². The van der Waals surface area contributed by atoms with E-state index in [1.165, 1.54) is 12.3 Å². The molecular formula is C9H12N4O3. The van der Waals surface area contributed by atoms with Crippen LogP contribution in [0.4, 0.5) is 5.69 Å². The number of H-pyrrole nitrogens is 1. The van der Waals surface area contributed by atoms with Crippen molar-refractivity contribution < 1.29 is 9.72 Å². The summed E-state index contributed by atoms with van der Waals surface area (Å²) in [7, 11) is 1.69. The van der Waals surface area contributed by atoms with E-state index in [0.29, 0.717) is 0 Å². The van der Waals surface area contributed by atoms with Crippen molar-refractivity contribution in [3.05, 3.63) is 28.1 Å². The van der Waals surface area contributed by atoms with E-state index < -0.39 is 4.92 Å². The van der Waals surface area contributed by atoms with E-state index in [-0.39, 0.29) is 23.3 Å². The highest BCUT2D eigenvalue weighted by Gasteiger charge is 2.27. The second kappa shape index (κ2) is 3.93. The average molecular weight is 224 g/mol. The molecule has 0 atom stereocenters. The lowest BCUT2D eigenvalue weighted by Gasteiger charge is -2.35. The molecule has 0 aromatic carbocycles. The molecule has 0 bridgehead atoms. The van der Waals surface area contributed by atoms with Crippen LogP contribution in [-0.2, 0) is 0 Å². The van der Waals surface area contributed by atoms with Crippen LogP contribution in [0.5, 0.6) is 0 Å². The van der Waals surface area contributed by atoms with E-state index in [2.05, 4.69) is 10.3 Å². The summed E-state index contributed by atoms with van der Waals surface area (Å²) in [5.74, 6) is -0.223. The summed E-state index contributed by atoms with van der Waals surface area (Å²) in [5, 5.41) is 13.5. The summed E-state index contributed by atoms with van der Waals surface area (Å²) in [5.41, 5.74) is 0.157. The molecule has 86 valence electrons. The summed E-state index contributed by atoms with van der Waals surface area (Å²) in [4.78, 5) is 26.0. The van der Waals surface area contributed by atoms with Crippen LogP contribution >= 0.6 is 0 Å². The van der Waals surface area contributed by atoms with Crippen molar-refractivity contribution in [2.75, 3.05) is 20.1 Å². The third kappa shape index (κ3) is 1.76. The van der Waals surface area contributed by atoms with E-state index in [0.717, 1.165) is 13.1 Å². The fourth-order valence-electron chi connectivity index (χ4n) is 1.51. The van der Waals surface area contributed by atoms with Gasteiger partial charge < -0.3 is 15.2 Å². The number of aromatic amines is 1. The summed E-state index contributed by atoms with van der Waals surface area (Å²) in [6, 6.07) is 1.43. The minimum Gasteiger partial charge on any atom is -0.351 e. The zero-order valence-corrected chi connectivity index (χ0v) is 8.77. The predicted octanol–water partition coefficient (Wildman–Crippen LogP) is -0.0333. The van der Waals surface area contributed by atoms with Crippen molar-refractivity contribution in [2.45, 2.75) is 6.04 Å². The molecule has 2 N–H and O–H groups in total. The van der Waals surface area contributed by atoms with Gasteiger partial charge in [-0.2, -0.15) is 0 Å². The Balaban J connectivity index is 2.10. The molecule has 1 aliphatic heterocycles. The maximum atomic E-state index is 11.9. The molecule has 1 amide bonds. The van der Waals surface area contributed by atoms with Gasteiger partial charge in [-0.05, 0) is 0 Å². The lowest BCUT2D eigenvalue weighted by Crippen LogP contribution is -2.57. The van der Waals surface area contributed by atoms with Crippen molar-refractivity contribution >= 4 is 11.6 Å². The van der Waals surface area contributed by atoms with Gasteiger partial charge in [-0.15, -0.1) is 0 Å². The van der Waals surface area contributed by atoms with Crippen LogP contribution in [0.2, 0.25) is 0 Å². The number of likely N-dealkylation sites (N-methyl/N-ethyl adjacent to an activating group) is 1. The zero-order chi connectivity index (χ0) is 11.7. The van der Waals surface area contributed by atoms with E-state index in [1.807, 2.05) is 0 Å². The van der Waals surface area contributed by atoms with Gasteiger partial charge >= 0.3 is 0 Å². The van der Waals surface area contributed by atoms with Crippen LogP contribution in [0.15, 0.2) is 12.3 Å². The molecule has 0 radical (unpaired) electrons. The Hall–Kier alpha value is -1.89. The maximum Gasteiger partial charge on any atom is 0.287 e. The quantitative estimate of drug-likeness (QED) is 0.557. The molecule has 7 heteroatoms. The van der Waals surface area contributed by atoms with Crippen molar-refractivity contribution in [1.29, 1.82) is 0 Å². The van der Waals surface area contributed by atoms with Gasteiger partial charge in [0.15, 0.2) is 0 Å². The Labute approximate surface area is 91.6 Å². The lowest BCUT2D eigenvalue weighted by molar-refractivity contribution is -0.384. The van der Waals surface area contributed by atoms with E-state index in [1.54, 1.807) is 11.9 Å². The standard InChI is InChI=1S/C9H12N4O3/c1-12(7-3-10-4-7)9(14)8-2-6(5-11-8)13(15)16/h2,5,7,10-11H,3-4H2,1H3. The highest BCUT2D eigenvalue weighted by molar-refractivity contribution is 5.93. The SMILES string of the molecule is CN(C(=O)c1cc([N+](=O)[O-])c[nH]1)C1CNC1. The molecule has 1 saturated heterocycles. The van der Waals surface area contributed by atoms with Crippen molar-refractivity contribution in [1.82, 2.24) is 15.2 Å². The number of carbonyl (C=O) groups excluding carboxylic acids is 1. The first-order chi connectivity index (χ1) is 7.59. The number of hydrogen-bond donors (Lipinski definition) is 2. The summed E-state index contributed by atoms with van der Waals surface area (Å²) in [6.45, 7) is 1.54. The van der Waals surface area contributed by atoms with Crippen molar-refractivity contribution in [2.24, 2.45) is 0 Å². The molecule has 0 aliphatic carbocycles. The Morgan fingerprint density at radius 1 is 1.62 bits per heavy atom. The fourth-order valence-corrected chi connectivity index (χ4v) is 1.51. The second-order valence-electron chi connectivity index (χ2n) is 3.76. The number of aromatic nitrogens is 1. The number of rotatable bonds is 3. The number of nitro groups is 1. The average Bonchev–Trinajstić information content (AvgIpc) is 2.62. The van der Waals surface area contributed by atoms with Gasteiger partial charge in [0.25, 0.3) is 11.6 Å². The first kappa shape index (κ1) is 10.6. The first-order valence-corrected chi connectivity index (χ1v) is 4.90. The first-order valence-electron chi connectivity index (χ1n) is 4.90. The van der Waals surface area contributed by atoms with Crippen molar-refractivity contribution in [3.63, 3.8) is 0 Å². The Kier molecular flexibility index (Phi) is 2.61. The Morgan fingerprint density at radius 2 is 2.31 bits per heavy atom. The minimum absolute atomic E-state index is 0.0940.